The molecule has 0 saturated carbocycles. The van der Waals surface area contributed by atoms with Gasteiger partial charge >= 0.3 is 0 Å². The Hall–Kier alpha value is -2.22. The van der Waals surface area contributed by atoms with E-state index < -0.39 is 0 Å². The molecular weight excluding hydrogens is 210 g/mol. The number of H-pyrrole nitrogens is 1. The molecule has 1 aromatic heterocycles. The maximum atomic E-state index is 9.84. The number of aryl methyl sites for hydroxylation is 1. The zero-order valence-electron chi connectivity index (χ0n) is 9.57. The molecule has 0 saturated heterocycles. The lowest BCUT2D eigenvalue weighted by Gasteiger charge is -2.00. The zero-order chi connectivity index (χ0) is 11.8. The number of aromatic nitrogens is 1. The Kier molecular flexibility index (Phi) is 2.15. The van der Waals surface area contributed by atoms with Crippen LogP contribution in [0.3, 0.4) is 0 Å². The van der Waals surface area contributed by atoms with E-state index in [9.17, 15) is 5.11 Å². The van der Waals surface area contributed by atoms with Crippen molar-refractivity contribution in [2.75, 3.05) is 0 Å². The third-order valence-corrected chi connectivity index (χ3v) is 3.06. The summed E-state index contributed by atoms with van der Waals surface area (Å²) in [5, 5.41) is 11.0. The van der Waals surface area contributed by atoms with Crippen molar-refractivity contribution in [3.8, 4) is 17.0 Å². The van der Waals surface area contributed by atoms with Crippen LogP contribution in [0.5, 0.6) is 5.75 Å². The SMILES string of the molecule is Cc1cccc2cc(-c3ccccc3O)[nH]c12. The summed E-state index contributed by atoms with van der Waals surface area (Å²) < 4.78 is 0. The number of nitrogens with one attached hydrogen (secondary N) is 1. The molecule has 2 N–H and O–H groups in total. The summed E-state index contributed by atoms with van der Waals surface area (Å²) in [6.45, 7) is 2.08. The monoisotopic (exact) mass is 223 g/mol. The van der Waals surface area contributed by atoms with Crippen LogP contribution in [0.2, 0.25) is 0 Å². The summed E-state index contributed by atoms with van der Waals surface area (Å²) in [6.07, 6.45) is 0. The van der Waals surface area contributed by atoms with E-state index in [2.05, 4.69) is 30.1 Å². The number of phenols is 1. The highest BCUT2D eigenvalue weighted by Gasteiger charge is 2.07. The van der Waals surface area contributed by atoms with E-state index >= 15 is 0 Å². The predicted octanol–water partition coefficient (Wildman–Crippen LogP) is 3.85. The first kappa shape index (κ1) is 9.97. The molecule has 2 heteroatoms. The number of rotatable bonds is 1. The van der Waals surface area contributed by atoms with Gasteiger partial charge in [-0.05, 0) is 30.7 Å². The van der Waals surface area contributed by atoms with Gasteiger partial charge in [0, 0.05) is 16.5 Å². The normalized spacial score (nSPS) is 10.9. The standard InChI is InChI=1S/C15H13NO/c1-10-5-4-6-11-9-13(16-15(10)11)12-7-2-3-8-14(12)17/h2-9,16-17H,1H3. The van der Waals surface area contributed by atoms with Gasteiger partial charge < -0.3 is 10.1 Å². The van der Waals surface area contributed by atoms with Crippen molar-refractivity contribution in [2.24, 2.45) is 0 Å². The highest BCUT2D eigenvalue weighted by atomic mass is 16.3. The Morgan fingerprint density at radius 2 is 1.82 bits per heavy atom. The first-order chi connectivity index (χ1) is 8.25. The molecule has 0 radical (unpaired) electrons. The first-order valence-corrected chi connectivity index (χ1v) is 5.62. The van der Waals surface area contributed by atoms with Gasteiger partial charge in [-0.1, -0.05) is 30.3 Å². The van der Waals surface area contributed by atoms with Crippen LogP contribution in [0, 0.1) is 6.92 Å². The molecule has 0 atom stereocenters. The van der Waals surface area contributed by atoms with Crippen molar-refractivity contribution < 1.29 is 5.11 Å². The minimum Gasteiger partial charge on any atom is -0.507 e. The fourth-order valence-electron chi connectivity index (χ4n) is 2.15. The fourth-order valence-corrected chi connectivity index (χ4v) is 2.15. The summed E-state index contributed by atoms with van der Waals surface area (Å²) in [6, 6.07) is 15.6. The van der Waals surface area contributed by atoms with Gasteiger partial charge in [0.2, 0.25) is 0 Å². The third kappa shape index (κ3) is 1.58. The maximum absolute atomic E-state index is 9.84. The van der Waals surface area contributed by atoms with Crippen LogP contribution in [-0.2, 0) is 0 Å². The van der Waals surface area contributed by atoms with Crippen LogP contribution < -0.4 is 0 Å². The molecule has 2 aromatic carbocycles. The zero-order valence-corrected chi connectivity index (χ0v) is 9.57. The Labute approximate surface area is 99.5 Å². The van der Waals surface area contributed by atoms with Crippen molar-refractivity contribution >= 4 is 10.9 Å². The molecule has 3 aromatic rings. The quantitative estimate of drug-likeness (QED) is 0.645. The Bertz CT molecular complexity index is 682. The summed E-state index contributed by atoms with van der Waals surface area (Å²) in [4.78, 5) is 3.36. The van der Waals surface area contributed by atoms with Gasteiger partial charge in [0.15, 0.2) is 0 Å². The van der Waals surface area contributed by atoms with E-state index in [0.717, 1.165) is 16.8 Å². The van der Waals surface area contributed by atoms with E-state index in [-0.39, 0.29) is 0 Å². The topological polar surface area (TPSA) is 36.0 Å². The lowest BCUT2D eigenvalue weighted by Crippen LogP contribution is -1.78. The second-order valence-corrected chi connectivity index (χ2v) is 4.24. The molecule has 1 heterocycles. The Morgan fingerprint density at radius 1 is 1.00 bits per heavy atom. The van der Waals surface area contributed by atoms with Crippen molar-refractivity contribution in [1.29, 1.82) is 0 Å². The van der Waals surface area contributed by atoms with Gasteiger partial charge in [-0.25, -0.2) is 0 Å². The second kappa shape index (κ2) is 3.67. The molecule has 17 heavy (non-hydrogen) atoms. The molecule has 0 fully saturated rings. The lowest BCUT2D eigenvalue weighted by molar-refractivity contribution is 0.477. The highest BCUT2D eigenvalue weighted by molar-refractivity contribution is 5.89. The van der Waals surface area contributed by atoms with Crippen LogP contribution in [0.15, 0.2) is 48.5 Å². The summed E-state index contributed by atoms with van der Waals surface area (Å²) in [5.74, 6) is 0.303. The van der Waals surface area contributed by atoms with Gasteiger partial charge in [0.05, 0.1) is 5.69 Å². The number of para-hydroxylation sites is 2. The number of hydrogen-bond acceptors (Lipinski definition) is 1. The van der Waals surface area contributed by atoms with Crippen LogP contribution >= 0.6 is 0 Å². The minimum absolute atomic E-state index is 0.303. The molecule has 3 rings (SSSR count). The number of phenolic OH excluding ortho intramolecular Hbond substituents is 1. The van der Waals surface area contributed by atoms with E-state index in [1.54, 1.807) is 6.07 Å². The highest BCUT2D eigenvalue weighted by Crippen LogP contribution is 2.31. The molecular formula is C15H13NO. The van der Waals surface area contributed by atoms with Crippen LogP contribution in [0.1, 0.15) is 5.56 Å². The minimum atomic E-state index is 0.303. The van der Waals surface area contributed by atoms with Crippen LogP contribution in [-0.4, -0.2) is 10.1 Å². The third-order valence-electron chi connectivity index (χ3n) is 3.06. The van der Waals surface area contributed by atoms with Gasteiger partial charge in [0.1, 0.15) is 5.75 Å². The number of benzene rings is 2. The van der Waals surface area contributed by atoms with Crippen LogP contribution in [0.4, 0.5) is 0 Å². The molecule has 0 aliphatic carbocycles. The second-order valence-electron chi connectivity index (χ2n) is 4.24. The van der Waals surface area contributed by atoms with E-state index in [1.165, 1.54) is 10.9 Å². The summed E-state index contributed by atoms with van der Waals surface area (Å²) >= 11 is 0. The summed E-state index contributed by atoms with van der Waals surface area (Å²) in [5.41, 5.74) is 4.13. The average molecular weight is 223 g/mol. The number of hydrogen-bond donors (Lipinski definition) is 2. The lowest BCUT2D eigenvalue weighted by atomic mass is 10.1. The van der Waals surface area contributed by atoms with Gasteiger partial charge in [-0.2, -0.15) is 0 Å². The Morgan fingerprint density at radius 3 is 2.59 bits per heavy atom. The molecule has 0 spiro atoms. The van der Waals surface area contributed by atoms with Crippen LogP contribution in [0.25, 0.3) is 22.2 Å². The van der Waals surface area contributed by atoms with Crippen molar-refractivity contribution in [2.45, 2.75) is 6.92 Å². The number of aromatic hydroxyl groups is 1. The predicted molar refractivity (Wildman–Crippen MR) is 70.1 cm³/mol. The van der Waals surface area contributed by atoms with Crippen molar-refractivity contribution in [3.05, 3.63) is 54.1 Å². The first-order valence-electron chi connectivity index (χ1n) is 5.62. The molecule has 0 aliphatic heterocycles. The van der Waals surface area contributed by atoms with E-state index in [0.29, 0.717) is 5.75 Å². The molecule has 0 unspecified atom stereocenters. The number of aromatic amines is 1. The summed E-state index contributed by atoms with van der Waals surface area (Å²) in [7, 11) is 0. The molecule has 2 nitrogen and oxygen atoms in total. The fraction of sp³-hybridized carbons (Fsp3) is 0.0667. The maximum Gasteiger partial charge on any atom is 0.124 e. The van der Waals surface area contributed by atoms with Gasteiger partial charge in [-0.3, -0.25) is 0 Å². The average Bonchev–Trinajstić information content (AvgIpc) is 2.75. The molecule has 0 amide bonds. The smallest absolute Gasteiger partial charge is 0.124 e. The number of fused-ring (bicyclic) bond motifs is 1. The van der Waals surface area contributed by atoms with Gasteiger partial charge in [-0.15, -0.1) is 0 Å². The molecule has 0 bridgehead atoms. The largest absolute Gasteiger partial charge is 0.507 e. The van der Waals surface area contributed by atoms with Crippen molar-refractivity contribution in [1.82, 2.24) is 4.98 Å². The van der Waals surface area contributed by atoms with Gasteiger partial charge in [0.25, 0.3) is 0 Å². The van der Waals surface area contributed by atoms with E-state index in [4.69, 9.17) is 0 Å². The molecule has 0 aliphatic rings. The molecule has 84 valence electrons. The van der Waals surface area contributed by atoms with E-state index in [1.807, 2.05) is 24.3 Å². The van der Waals surface area contributed by atoms with Crippen molar-refractivity contribution in [3.63, 3.8) is 0 Å². The Balaban J connectivity index is 2.26.